The number of nitrogens with zero attached hydrogens (tertiary/aromatic N) is 2. The molecule has 2 rings (SSSR count). The molecule has 0 aliphatic rings. The van der Waals surface area contributed by atoms with Crippen molar-refractivity contribution in [1.82, 2.24) is 15.4 Å². The third-order valence-electron chi connectivity index (χ3n) is 2.27. The predicted molar refractivity (Wildman–Crippen MR) is 65.1 cm³/mol. The van der Waals surface area contributed by atoms with Gasteiger partial charge in [-0.25, -0.2) is 0 Å². The number of hydrogen-bond acceptors (Lipinski definition) is 5. The highest BCUT2D eigenvalue weighted by molar-refractivity contribution is 7.09. The molecule has 4 nitrogen and oxygen atoms in total. The van der Waals surface area contributed by atoms with E-state index in [-0.39, 0.29) is 6.04 Å². The Bertz CT molecular complexity index is 446. The van der Waals surface area contributed by atoms with E-state index in [4.69, 9.17) is 17.4 Å². The molecule has 2 aromatic heterocycles. The number of nitrogens with two attached hydrogens (primary N) is 1. The van der Waals surface area contributed by atoms with Crippen molar-refractivity contribution in [3.05, 3.63) is 45.6 Å². The van der Waals surface area contributed by atoms with E-state index in [0.29, 0.717) is 5.02 Å². The summed E-state index contributed by atoms with van der Waals surface area (Å²) in [5.74, 6) is 5.55. The second kappa shape index (κ2) is 5.36. The average Bonchev–Trinajstić information content (AvgIpc) is 2.80. The monoisotopic (exact) mass is 254 g/mol. The maximum atomic E-state index is 6.07. The molecule has 0 saturated carbocycles. The molecule has 0 fully saturated rings. The smallest absolute Gasteiger partial charge is 0.0794 e. The van der Waals surface area contributed by atoms with Crippen LogP contribution in [0.4, 0.5) is 0 Å². The van der Waals surface area contributed by atoms with Crippen molar-refractivity contribution in [1.29, 1.82) is 0 Å². The number of pyridine rings is 1. The molecule has 0 radical (unpaired) electrons. The number of halogens is 1. The van der Waals surface area contributed by atoms with Crippen LogP contribution in [0, 0.1) is 0 Å². The van der Waals surface area contributed by atoms with Crippen molar-refractivity contribution in [3.8, 4) is 0 Å². The molecule has 0 bridgehead atoms. The molecule has 0 amide bonds. The minimum atomic E-state index is -0.0176. The lowest BCUT2D eigenvalue weighted by atomic mass is 10.1. The van der Waals surface area contributed by atoms with Gasteiger partial charge in [0, 0.05) is 29.9 Å². The van der Waals surface area contributed by atoms with Gasteiger partial charge in [-0.15, -0.1) is 11.3 Å². The van der Waals surface area contributed by atoms with Gasteiger partial charge < -0.3 is 0 Å². The molecule has 0 aliphatic heterocycles. The average molecular weight is 255 g/mol. The van der Waals surface area contributed by atoms with E-state index < -0.39 is 0 Å². The molecule has 3 N–H and O–H groups in total. The van der Waals surface area contributed by atoms with Gasteiger partial charge in [-0.3, -0.25) is 21.2 Å². The molecule has 1 unspecified atom stereocenters. The number of nitrogens with one attached hydrogen (secondary N) is 1. The highest BCUT2D eigenvalue weighted by atomic mass is 35.5. The summed E-state index contributed by atoms with van der Waals surface area (Å²) in [5.41, 5.74) is 5.52. The first kappa shape index (κ1) is 11.5. The fraction of sp³-hybridized carbons (Fsp3) is 0.200. The summed E-state index contributed by atoms with van der Waals surface area (Å²) in [6, 6.07) is 1.85. The van der Waals surface area contributed by atoms with E-state index >= 15 is 0 Å². The fourth-order valence-electron chi connectivity index (χ4n) is 1.47. The summed E-state index contributed by atoms with van der Waals surface area (Å²) in [6.07, 6.45) is 5.93. The first-order valence-electron chi connectivity index (χ1n) is 4.74. The lowest BCUT2D eigenvalue weighted by Gasteiger charge is -2.16. The highest BCUT2D eigenvalue weighted by Gasteiger charge is 2.14. The topological polar surface area (TPSA) is 63.8 Å². The number of hydrazine groups is 1. The van der Waals surface area contributed by atoms with Gasteiger partial charge in [0.1, 0.15) is 0 Å². The van der Waals surface area contributed by atoms with Crippen molar-refractivity contribution in [2.45, 2.75) is 12.5 Å². The van der Waals surface area contributed by atoms with Gasteiger partial charge in [0.25, 0.3) is 0 Å². The van der Waals surface area contributed by atoms with Crippen LogP contribution >= 0.6 is 22.9 Å². The molecule has 0 aromatic carbocycles. The summed E-state index contributed by atoms with van der Waals surface area (Å²) < 4.78 is 0. The maximum Gasteiger partial charge on any atom is 0.0794 e. The second-order valence-electron chi connectivity index (χ2n) is 3.29. The Balaban J connectivity index is 2.20. The number of rotatable bonds is 4. The molecular formula is C10H11ClN4S. The Morgan fingerprint density at radius 1 is 1.44 bits per heavy atom. The van der Waals surface area contributed by atoms with Crippen molar-refractivity contribution in [2.75, 3.05) is 0 Å². The van der Waals surface area contributed by atoms with Gasteiger partial charge in [0.2, 0.25) is 0 Å². The third kappa shape index (κ3) is 2.56. The van der Waals surface area contributed by atoms with Gasteiger partial charge in [0.05, 0.1) is 16.6 Å². The van der Waals surface area contributed by atoms with E-state index in [2.05, 4.69) is 15.4 Å². The molecule has 6 heteroatoms. The summed E-state index contributed by atoms with van der Waals surface area (Å²) in [4.78, 5) is 9.14. The van der Waals surface area contributed by atoms with Gasteiger partial charge in [-0.2, -0.15) is 0 Å². The largest absolute Gasteiger partial charge is 0.271 e. The summed E-state index contributed by atoms with van der Waals surface area (Å²) in [6.45, 7) is 0. The van der Waals surface area contributed by atoms with Crippen LogP contribution in [0.1, 0.15) is 16.5 Å². The van der Waals surface area contributed by atoms with Crippen molar-refractivity contribution < 1.29 is 0 Å². The molecule has 0 saturated heterocycles. The Hall–Kier alpha value is -1.01. The molecule has 2 heterocycles. The van der Waals surface area contributed by atoms with Crippen LogP contribution in [0.3, 0.4) is 0 Å². The van der Waals surface area contributed by atoms with Crippen LogP contribution < -0.4 is 11.3 Å². The van der Waals surface area contributed by atoms with Crippen LogP contribution in [0.5, 0.6) is 0 Å². The number of hydrogen-bond donors (Lipinski definition) is 2. The van der Waals surface area contributed by atoms with Crippen LogP contribution in [0.25, 0.3) is 0 Å². The molecular weight excluding hydrogens is 244 g/mol. The second-order valence-corrected chi connectivity index (χ2v) is 4.67. The number of thiazole rings is 1. The van der Waals surface area contributed by atoms with E-state index in [1.807, 2.05) is 12.3 Å². The van der Waals surface area contributed by atoms with Gasteiger partial charge in [-0.05, 0) is 11.6 Å². The van der Waals surface area contributed by atoms with Crippen LogP contribution in [-0.2, 0) is 6.42 Å². The highest BCUT2D eigenvalue weighted by Crippen LogP contribution is 2.25. The SMILES string of the molecule is NNC(Cc1cncs1)c1ccncc1Cl. The zero-order valence-electron chi connectivity index (χ0n) is 8.43. The van der Waals surface area contributed by atoms with Crippen molar-refractivity contribution >= 4 is 22.9 Å². The van der Waals surface area contributed by atoms with Crippen LogP contribution in [0.2, 0.25) is 5.02 Å². The maximum absolute atomic E-state index is 6.07. The molecule has 0 aliphatic carbocycles. The van der Waals surface area contributed by atoms with E-state index in [1.54, 1.807) is 29.2 Å². The van der Waals surface area contributed by atoms with Gasteiger partial charge in [0.15, 0.2) is 0 Å². The number of aromatic nitrogens is 2. The molecule has 16 heavy (non-hydrogen) atoms. The Kier molecular flexibility index (Phi) is 3.84. The lowest BCUT2D eigenvalue weighted by molar-refractivity contribution is 0.555. The first-order valence-corrected chi connectivity index (χ1v) is 6.00. The van der Waals surface area contributed by atoms with Crippen molar-refractivity contribution in [2.24, 2.45) is 5.84 Å². The molecule has 84 valence electrons. The van der Waals surface area contributed by atoms with E-state index in [9.17, 15) is 0 Å². The minimum absolute atomic E-state index is 0.0176. The Morgan fingerprint density at radius 3 is 2.94 bits per heavy atom. The first-order chi connectivity index (χ1) is 7.81. The standard InChI is InChI=1S/C10H11ClN4S/c11-9-5-13-2-1-8(9)10(15-12)3-7-4-14-6-16-7/h1-2,4-6,10,15H,3,12H2. The van der Waals surface area contributed by atoms with E-state index in [0.717, 1.165) is 16.9 Å². The van der Waals surface area contributed by atoms with Crippen LogP contribution in [0.15, 0.2) is 30.2 Å². The third-order valence-corrected chi connectivity index (χ3v) is 3.39. The molecule has 1 atom stereocenters. The molecule has 0 spiro atoms. The summed E-state index contributed by atoms with van der Waals surface area (Å²) >= 11 is 7.67. The zero-order valence-corrected chi connectivity index (χ0v) is 10.0. The Labute approximate surface area is 102 Å². The zero-order chi connectivity index (χ0) is 11.4. The Morgan fingerprint density at radius 2 is 2.31 bits per heavy atom. The van der Waals surface area contributed by atoms with Gasteiger partial charge in [-0.1, -0.05) is 11.6 Å². The van der Waals surface area contributed by atoms with E-state index in [1.165, 1.54) is 0 Å². The molecule has 2 aromatic rings. The predicted octanol–water partition coefficient (Wildman–Crippen LogP) is 1.94. The minimum Gasteiger partial charge on any atom is -0.271 e. The van der Waals surface area contributed by atoms with Gasteiger partial charge >= 0.3 is 0 Å². The summed E-state index contributed by atoms with van der Waals surface area (Å²) in [5, 5.41) is 0.620. The van der Waals surface area contributed by atoms with Crippen LogP contribution in [-0.4, -0.2) is 9.97 Å². The fourth-order valence-corrected chi connectivity index (χ4v) is 2.36. The normalized spacial score (nSPS) is 12.6. The quantitative estimate of drug-likeness (QED) is 0.647. The lowest BCUT2D eigenvalue weighted by Crippen LogP contribution is -2.29. The van der Waals surface area contributed by atoms with Crippen molar-refractivity contribution in [3.63, 3.8) is 0 Å². The summed E-state index contributed by atoms with van der Waals surface area (Å²) in [7, 11) is 0.